The van der Waals surface area contributed by atoms with E-state index in [-0.39, 0.29) is 86.7 Å². The number of aromatic nitrogens is 4. The van der Waals surface area contributed by atoms with Crippen LogP contribution in [0.1, 0.15) is 168 Å². The Balaban J connectivity index is 1.60. The van der Waals surface area contributed by atoms with Gasteiger partial charge in [0, 0.05) is 41.0 Å². The Hall–Kier alpha value is -8.58. The van der Waals surface area contributed by atoms with Gasteiger partial charge in [-0.3, -0.25) is 48.8 Å². The second kappa shape index (κ2) is 34.0. The normalized spacial score (nSPS) is 21.5. The first-order valence-corrected chi connectivity index (χ1v) is 32.7. The number of carbonyl (C=O) groups is 8. The summed E-state index contributed by atoms with van der Waals surface area (Å²) in [5.41, 5.74) is 4.03. The highest BCUT2D eigenvalue weighted by Gasteiger charge is 2.43. The number of nitro groups is 2. The molecule has 0 saturated carbocycles. The Kier molecular flexibility index (Phi) is 27.5. The molecule has 94 heavy (non-hydrogen) atoms. The van der Waals surface area contributed by atoms with E-state index in [1.807, 2.05) is 69.2 Å². The number of benzene rings is 2. The Morgan fingerprint density at radius 1 is 0.415 bits per heavy atom. The fourth-order valence-corrected chi connectivity index (χ4v) is 11.8. The minimum Gasteiger partial charge on any atom is -0.451 e. The molecule has 0 bridgehead atoms. The summed E-state index contributed by atoms with van der Waals surface area (Å²) in [5.74, 6) is -8.22. The number of likely N-dealkylation sites (N-methyl/N-ethyl adjacent to an activating group) is 4. The predicted molar refractivity (Wildman–Crippen MR) is 349 cm³/mol. The number of nitrogens with zero attached hydrogens (tertiary/aromatic N) is 10. The Morgan fingerprint density at radius 2 is 0.670 bits per heavy atom. The number of ether oxygens (including phenoxy) is 4. The zero-order chi connectivity index (χ0) is 70.3. The van der Waals surface area contributed by atoms with Crippen molar-refractivity contribution in [1.29, 1.82) is 0 Å². The van der Waals surface area contributed by atoms with Crippen molar-refractivity contribution in [1.82, 2.24) is 39.2 Å². The van der Waals surface area contributed by atoms with Crippen LogP contribution in [-0.4, -0.2) is 173 Å². The summed E-state index contributed by atoms with van der Waals surface area (Å²) in [7, 11) is 5.39. The summed E-state index contributed by atoms with van der Waals surface area (Å²) in [6, 6.07) is 8.40. The fourth-order valence-electron chi connectivity index (χ4n) is 11.8. The summed E-state index contributed by atoms with van der Waals surface area (Å²) in [5, 5.41) is 33.2. The first-order valence-electron chi connectivity index (χ1n) is 32.7. The highest BCUT2D eigenvalue weighted by Crippen LogP contribution is 2.29. The third kappa shape index (κ3) is 19.3. The highest BCUT2D eigenvalue weighted by molar-refractivity contribution is 5.94. The molecule has 4 aromatic rings. The van der Waals surface area contributed by atoms with Crippen molar-refractivity contribution < 1.29 is 67.2 Å². The third-order valence-corrected chi connectivity index (χ3v) is 16.9. The second-order valence-corrected chi connectivity index (χ2v) is 26.2. The topological polar surface area (TPSA) is 308 Å². The lowest BCUT2D eigenvalue weighted by molar-refractivity contribution is -0.386. The molecule has 2 aromatic carbocycles. The molecule has 4 amide bonds. The van der Waals surface area contributed by atoms with Crippen LogP contribution in [-0.2, 0) is 109 Å². The summed E-state index contributed by atoms with van der Waals surface area (Å²) < 4.78 is 27.5. The molecular weight excluding hydrogens is 1210 g/mol. The number of carbonyl (C=O) groups excluding carboxylic acids is 8. The standard InChI is InChI=1S/C68H98N10O16/c1-19-49-59(77(87)88)51(21-3)75(69-49)37-47-27-23-45(24-28-47)35-57-63(81)73(17)53(31-39(5)6)65(83)91-44(14)62(80)72(16)56(34-42(11)12)68(86)94-58(36-46-25-29-48(30-26-46)38-76-52(22-4)60(78(89)90)50(20-2)70-76)64(82)74(18)54(32-40(7)8)66(84)92-43(13)61(79)71(15)55(33-41(9)10)67(85)93-57/h23-30,39-44,53-58H,19-22,31-38H2,1-18H3/t43-,44-,53+,54+,55+,56+,57-,58-/m1/s1. The molecule has 1 aliphatic heterocycles. The second-order valence-electron chi connectivity index (χ2n) is 26.2. The zero-order valence-corrected chi connectivity index (χ0v) is 58.0. The molecule has 1 saturated heterocycles. The maximum absolute atomic E-state index is 15.2. The average Bonchev–Trinajstić information content (AvgIpc) is 1.57. The van der Waals surface area contributed by atoms with Crippen LogP contribution in [0.25, 0.3) is 0 Å². The Labute approximate surface area is 551 Å². The van der Waals surface area contributed by atoms with Gasteiger partial charge in [-0.15, -0.1) is 0 Å². The Morgan fingerprint density at radius 3 is 0.915 bits per heavy atom. The van der Waals surface area contributed by atoms with Crippen LogP contribution >= 0.6 is 0 Å². The van der Waals surface area contributed by atoms with Crippen LogP contribution < -0.4 is 0 Å². The lowest BCUT2D eigenvalue weighted by Gasteiger charge is -2.35. The van der Waals surface area contributed by atoms with E-state index in [1.165, 1.54) is 42.0 Å². The minimum atomic E-state index is -1.64. The maximum Gasteiger partial charge on any atom is 0.329 e. The molecule has 516 valence electrons. The van der Waals surface area contributed by atoms with Crippen LogP contribution in [0.3, 0.4) is 0 Å². The van der Waals surface area contributed by atoms with E-state index in [1.54, 1.807) is 71.7 Å². The van der Waals surface area contributed by atoms with Gasteiger partial charge in [-0.05, 0) is 111 Å². The molecule has 8 atom stereocenters. The van der Waals surface area contributed by atoms with Crippen molar-refractivity contribution in [3.63, 3.8) is 0 Å². The van der Waals surface area contributed by atoms with E-state index in [0.29, 0.717) is 59.6 Å². The number of hydrogen-bond donors (Lipinski definition) is 0. The van der Waals surface area contributed by atoms with Gasteiger partial charge in [0.2, 0.25) is 0 Å². The van der Waals surface area contributed by atoms with Crippen LogP contribution in [0.4, 0.5) is 11.4 Å². The van der Waals surface area contributed by atoms with Crippen LogP contribution in [0.2, 0.25) is 0 Å². The summed E-state index contributed by atoms with van der Waals surface area (Å²) in [6.45, 7) is 24.7. The molecule has 2 aromatic heterocycles. The molecule has 26 nitrogen and oxygen atoms in total. The van der Waals surface area contributed by atoms with E-state index in [2.05, 4.69) is 10.2 Å². The number of hydrogen-bond acceptors (Lipinski definition) is 18. The Bertz CT molecular complexity index is 3100. The predicted octanol–water partition coefficient (Wildman–Crippen LogP) is 8.22. The van der Waals surface area contributed by atoms with Crippen LogP contribution in [0.15, 0.2) is 48.5 Å². The van der Waals surface area contributed by atoms with Gasteiger partial charge < -0.3 is 38.5 Å². The lowest BCUT2D eigenvalue weighted by atomic mass is 9.99. The van der Waals surface area contributed by atoms with Crippen molar-refractivity contribution in [2.24, 2.45) is 23.7 Å². The molecule has 1 fully saturated rings. The molecule has 1 aliphatic rings. The van der Waals surface area contributed by atoms with Gasteiger partial charge in [-0.25, -0.2) is 19.2 Å². The number of esters is 4. The molecular formula is C68H98N10O16. The quantitative estimate of drug-likeness (QED) is 0.0309. The summed E-state index contributed by atoms with van der Waals surface area (Å²) >= 11 is 0. The molecule has 5 rings (SSSR count). The first-order chi connectivity index (χ1) is 44.2. The van der Waals surface area contributed by atoms with Gasteiger partial charge >= 0.3 is 35.3 Å². The summed E-state index contributed by atoms with van der Waals surface area (Å²) in [4.78, 5) is 146. The van der Waals surface area contributed by atoms with E-state index in [0.717, 1.165) is 30.7 Å². The van der Waals surface area contributed by atoms with E-state index in [4.69, 9.17) is 18.9 Å². The molecule has 0 radical (unpaired) electrons. The molecule has 3 heterocycles. The van der Waals surface area contributed by atoms with Crippen molar-refractivity contribution >= 4 is 58.9 Å². The van der Waals surface area contributed by atoms with Crippen LogP contribution in [0, 0.1) is 43.9 Å². The molecule has 26 heteroatoms. The van der Waals surface area contributed by atoms with E-state index in [9.17, 15) is 49.0 Å². The van der Waals surface area contributed by atoms with Gasteiger partial charge in [0.05, 0.1) is 22.9 Å². The molecule has 0 spiro atoms. The summed E-state index contributed by atoms with van der Waals surface area (Å²) in [6.07, 6.45) is -5.38. The van der Waals surface area contributed by atoms with Gasteiger partial charge in [-0.1, -0.05) is 132 Å². The lowest BCUT2D eigenvalue weighted by Crippen LogP contribution is -2.55. The molecule has 0 unspecified atom stereocenters. The van der Waals surface area contributed by atoms with E-state index >= 15 is 9.59 Å². The van der Waals surface area contributed by atoms with Crippen LogP contribution in [0.5, 0.6) is 0 Å². The SMILES string of the molecule is CCc1nn(Cc2ccc(C[C@H]3OC(=O)[C@H](CC(C)C)N(C)C(=O)[C@@H](C)OC(=O)[C@H](CC(C)C)N(C)C(=O)[C@@H](Cc4ccc(Cn5nc(CC)c([N+](=O)[O-])c5CC)cc4)OC(=O)[C@H](CC(C)C)N(C)C(=O)[C@@H](C)OC(=O)[C@H](CC(C)C)N(C)C3=O)cc2)c(CC)c1[N+](=O)[O-]. The maximum atomic E-state index is 15.2. The number of amides is 4. The van der Waals surface area contributed by atoms with Crippen molar-refractivity contribution in [2.75, 3.05) is 28.2 Å². The molecule has 0 aliphatic carbocycles. The third-order valence-electron chi connectivity index (χ3n) is 16.9. The van der Waals surface area contributed by atoms with E-state index < -0.39 is 106 Å². The fraction of sp³-hybridized carbons (Fsp3) is 0.618. The zero-order valence-electron chi connectivity index (χ0n) is 58.0. The number of rotatable bonds is 22. The van der Waals surface area contributed by atoms with Gasteiger partial charge in [-0.2, -0.15) is 10.2 Å². The number of cyclic esters (lactones) is 4. The van der Waals surface area contributed by atoms with Gasteiger partial charge in [0.1, 0.15) is 46.9 Å². The van der Waals surface area contributed by atoms with Crippen molar-refractivity contribution in [3.8, 4) is 0 Å². The average molecular weight is 1310 g/mol. The smallest absolute Gasteiger partial charge is 0.329 e. The van der Waals surface area contributed by atoms with Crippen molar-refractivity contribution in [3.05, 3.63) is 114 Å². The molecule has 0 N–H and O–H groups in total. The minimum absolute atomic E-state index is 0.0176. The monoisotopic (exact) mass is 1310 g/mol. The highest BCUT2D eigenvalue weighted by atomic mass is 16.6. The largest absolute Gasteiger partial charge is 0.451 e. The van der Waals surface area contributed by atoms with Gasteiger partial charge in [0.15, 0.2) is 24.4 Å². The van der Waals surface area contributed by atoms with Gasteiger partial charge in [0.25, 0.3) is 23.6 Å². The number of aryl methyl sites for hydroxylation is 2. The van der Waals surface area contributed by atoms with Crippen molar-refractivity contribution in [2.45, 2.75) is 223 Å². The first kappa shape index (κ1) is 76.1.